The van der Waals surface area contributed by atoms with Gasteiger partial charge in [0, 0.05) is 20.1 Å². The van der Waals surface area contributed by atoms with E-state index < -0.39 is 0 Å². The molecule has 0 aliphatic carbocycles. The zero-order chi connectivity index (χ0) is 15.2. The molecule has 21 heavy (non-hydrogen) atoms. The molecule has 0 spiro atoms. The largest absolute Gasteiger partial charge is 0.445 e. The number of nitrogens with zero attached hydrogens (tertiary/aromatic N) is 2. The van der Waals surface area contributed by atoms with E-state index in [2.05, 4.69) is 0 Å². The van der Waals surface area contributed by atoms with Crippen LogP contribution in [0.1, 0.15) is 12.0 Å². The fourth-order valence-corrected chi connectivity index (χ4v) is 2.52. The van der Waals surface area contributed by atoms with Crippen LogP contribution in [0.25, 0.3) is 0 Å². The predicted octanol–water partition coefficient (Wildman–Crippen LogP) is 2.09. The highest BCUT2D eigenvalue weighted by Gasteiger charge is 2.31. The molecule has 1 aliphatic rings. The van der Waals surface area contributed by atoms with Crippen molar-refractivity contribution in [2.75, 3.05) is 26.0 Å². The van der Waals surface area contributed by atoms with Crippen LogP contribution in [-0.2, 0) is 16.1 Å². The molecular weight excluding hydrogens is 292 g/mol. The molecule has 1 fully saturated rings. The first-order chi connectivity index (χ1) is 10.1. The van der Waals surface area contributed by atoms with Gasteiger partial charge in [-0.2, -0.15) is 0 Å². The van der Waals surface area contributed by atoms with Crippen molar-refractivity contribution in [3.8, 4) is 0 Å². The lowest BCUT2D eigenvalue weighted by atomic mass is 10.2. The summed E-state index contributed by atoms with van der Waals surface area (Å²) in [5.74, 6) is -0.160. The molecule has 0 bridgehead atoms. The molecule has 5 nitrogen and oxygen atoms in total. The minimum atomic E-state index is -0.340. The normalized spacial score (nSPS) is 17.6. The number of hydrogen-bond acceptors (Lipinski definition) is 3. The molecule has 2 amide bonds. The third-order valence-electron chi connectivity index (χ3n) is 3.68. The zero-order valence-corrected chi connectivity index (χ0v) is 12.8. The highest BCUT2D eigenvalue weighted by Crippen LogP contribution is 2.16. The van der Waals surface area contributed by atoms with E-state index in [4.69, 9.17) is 16.3 Å². The van der Waals surface area contributed by atoms with Gasteiger partial charge in [-0.25, -0.2) is 4.79 Å². The van der Waals surface area contributed by atoms with Crippen LogP contribution in [0.5, 0.6) is 0 Å². The van der Waals surface area contributed by atoms with Gasteiger partial charge >= 0.3 is 6.09 Å². The standard InChI is InChI=1S/C15H19ClN2O3/c1-17(14(19)9-16)13-7-8-18(10-13)15(20)21-11-12-5-3-2-4-6-12/h2-6,13H,7-11H2,1H3. The van der Waals surface area contributed by atoms with Gasteiger partial charge in [-0.15, -0.1) is 11.6 Å². The minimum Gasteiger partial charge on any atom is -0.445 e. The Morgan fingerprint density at radius 2 is 2.10 bits per heavy atom. The van der Waals surface area contributed by atoms with Crippen LogP contribution in [0.4, 0.5) is 4.79 Å². The highest BCUT2D eigenvalue weighted by molar-refractivity contribution is 6.27. The van der Waals surface area contributed by atoms with Crippen LogP contribution in [0.3, 0.4) is 0 Å². The number of benzene rings is 1. The number of carbonyl (C=O) groups excluding carboxylic acids is 2. The topological polar surface area (TPSA) is 49.9 Å². The van der Waals surface area contributed by atoms with Gasteiger partial charge < -0.3 is 14.5 Å². The summed E-state index contributed by atoms with van der Waals surface area (Å²) in [5, 5.41) is 0. The van der Waals surface area contributed by atoms with Crippen LogP contribution in [-0.4, -0.2) is 53.9 Å². The molecule has 0 N–H and O–H groups in total. The fourth-order valence-electron chi connectivity index (χ4n) is 2.33. The Balaban J connectivity index is 1.81. The van der Waals surface area contributed by atoms with Crippen LogP contribution in [0.2, 0.25) is 0 Å². The monoisotopic (exact) mass is 310 g/mol. The van der Waals surface area contributed by atoms with Gasteiger partial charge in [0.05, 0.1) is 6.04 Å². The molecular formula is C15H19ClN2O3. The van der Waals surface area contributed by atoms with Crippen molar-refractivity contribution in [1.29, 1.82) is 0 Å². The van der Waals surface area contributed by atoms with Crippen molar-refractivity contribution in [3.05, 3.63) is 35.9 Å². The Hall–Kier alpha value is -1.75. The number of likely N-dealkylation sites (tertiary alicyclic amines) is 1. The average Bonchev–Trinajstić information content (AvgIpc) is 3.02. The first-order valence-electron chi connectivity index (χ1n) is 6.89. The van der Waals surface area contributed by atoms with Crippen molar-refractivity contribution in [2.24, 2.45) is 0 Å². The summed E-state index contributed by atoms with van der Waals surface area (Å²) in [6.45, 7) is 1.35. The summed E-state index contributed by atoms with van der Waals surface area (Å²) in [7, 11) is 1.72. The van der Waals surface area contributed by atoms with Crippen LogP contribution >= 0.6 is 11.6 Å². The van der Waals surface area contributed by atoms with Crippen molar-refractivity contribution < 1.29 is 14.3 Å². The van der Waals surface area contributed by atoms with Gasteiger partial charge in [0.1, 0.15) is 12.5 Å². The number of amides is 2. The molecule has 0 aromatic heterocycles. The maximum Gasteiger partial charge on any atom is 0.410 e. The first kappa shape index (κ1) is 15.6. The summed E-state index contributed by atoms with van der Waals surface area (Å²) in [5.41, 5.74) is 0.955. The number of ether oxygens (including phenoxy) is 1. The predicted molar refractivity (Wildman–Crippen MR) is 80.1 cm³/mol. The zero-order valence-electron chi connectivity index (χ0n) is 12.0. The molecule has 1 heterocycles. The smallest absolute Gasteiger partial charge is 0.410 e. The Bertz CT molecular complexity index is 495. The van der Waals surface area contributed by atoms with E-state index in [9.17, 15) is 9.59 Å². The Morgan fingerprint density at radius 1 is 1.38 bits per heavy atom. The maximum absolute atomic E-state index is 12.0. The van der Waals surface area contributed by atoms with E-state index in [1.807, 2.05) is 30.3 Å². The Labute approximate surface area is 129 Å². The van der Waals surface area contributed by atoms with E-state index in [1.165, 1.54) is 0 Å². The maximum atomic E-state index is 12.0. The van der Waals surface area contributed by atoms with Crippen molar-refractivity contribution in [2.45, 2.75) is 19.1 Å². The van der Waals surface area contributed by atoms with E-state index in [0.717, 1.165) is 12.0 Å². The van der Waals surface area contributed by atoms with Crippen molar-refractivity contribution in [3.63, 3.8) is 0 Å². The van der Waals surface area contributed by atoms with E-state index >= 15 is 0 Å². The number of likely N-dealkylation sites (N-methyl/N-ethyl adjacent to an activating group) is 1. The molecule has 1 atom stereocenters. The molecule has 1 aromatic rings. The van der Waals surface area contributed by atoms with Crippen molar-refractivity contribution >= 4 is 23.6 Å². The van der Waals surface area contributed by atoms with Gasteiger partial charge in [0.25, 0.3) is 0 Å². The molecule has 0 saturated carbocycles. The summed E-state index contributed by atoms with van der Waals surface area (Å²) in [6.07, 6.45) is 0.410. The van der Waals surface area contributed by atoms with Gasteiger partial charge in [-0.3, -0.25) is 4.79 Å². The van der Waals surface area contributed by atoms with Gasteiger partial charge in [-0.1, -0.05) is 30.3 Å². The first-order valence-corrected chi connectivity index (χ1v) is 7.42. The Kier molecular flexibility index (Phi) is 5.44. The second-order valence-corrected chi connectivity index (χ2v) is 5.33. The quantitative estimate of drug-likeness (QED) is 0.800. The van der Waals surface area contributed by atoms with Crippen molar-refractivity contribution in [1.82, 2.24) is 9.80 Å². The summed E-state index contributed by atoms with van der Waals surface area (Å²) in [6, 6.07) is 9.56. The molecule has 6 heteroatoms. The SMILES string of the molecule is CN(C(=O)CCl)C1CCN(C(=O)OCc2ccccc2)C1. The minimum absolute atomic E-state index is 0.0144. The average molecular weight is 311 g/mol. The summed E-state index contributed by atoms with van der Waals surface area (Å²) < 4.78 is 5.28. The van der Waals surface area contributed by atoms with Crippen LogP contribution in [0, 0.1) is 0 Å². The van der Waals surface area contributed by atoms with Gasteiger partial charge in [-0.05, 0) is 12.0 Å². The van der Waals surface area contributed by atoms with E-state index in [-0.39, 0.29) is 30.5 Å². The second-order valence-electron chi connectivity index (χ2n) is 5.07. The van der Waals surface area contributed by atoms with E-state index in [0.29, 0.717) is 13.1 Å². The molecule has 114 valence electrons. The molecule has 1 saturated heterocycles. The molecule has 2 rings (SSSR count). The lowest BCUT2D eigenvalue weighted by molar-refractivity contribution is -0.129. The number of hydrogen-bond donors (Lipinski definition) is 0. The second kappa shape index (κ2) is 7.31. The van der Waals surface area contributed by atoms with Gasteiger partial charge in [0.2, 0.25) is 5.91 Å². The molecule has 1 unspecified atom stereocenters. The number of rotatable bonds is 4. The fraction of sp³-hybridized carbons (Fsp3) is 0.467. The number of alkyl halides is 1. The van der Waals surface area contributed by atoms with Crippen LogP contribution in [0.15, 0.2) is 30.3 Å². The Morgan fingerprint density at radius 3 is 2.76 bits per heavy atom. The lowest BCUT2D eigenvalue weighted by Gasteiger charge is -2.24. The third-order valence-corrected chi connectivity index (χ3v) is 3.91. The molecule has 1 aliphatic heterocycles. The van der Waals surface area contributed by atoms with Gasteiger partial charge in [0.15, 0.2) is 0 Å². The molecule has 1 aromatic carbocycles. The highest BCUT2D eigenvalue weighted by atomic mass is 35.5. The summed E-state index contributed by atoms with van der Waals surface area (Å²) in [4.78, 5) is 26.8. The summed E-state index contributed by atoms with van der Waals surface area (Å²) >= 11 is 5.55. The third kappa shape index (κ3) is 4.11. The number of halogens is 1. The molecule has 0 radical (unpaired) electrons. The van der Waals surface area contributed by atoms with Crippen LogP contribution < -0.4 is 0 Å². The lowest BCUT2D eigenvalue weighted by Crippen LogP contribution is -2.40. The van der Waals surface area contributed by atoms with E-state index in [1.54, 1.807) is 16.8 Å². The number of carbonyl (C=O) groups is 2.